The number of rotatable bonds is 3. The van der Waals surface area contributed by atoms with Crippen LogP contribution in [0.5, 0.6) is 0 Å². The molecule has 1 aromatic rings. The van der Waals surface area contributed by atoms with E-state index in [-0.39, 0.29) is 25.0 Å². The average Bonchev–Trinajstić information content (AvgIpc) is 3.10. The van der Waals surface area contributed by atoms with Crippen LogP contribution < -0.4 is 0 Å². The van der Waals surface area contributed by atoms with Gasteiger partial charge in [0.2, 0.25) is 5.60 Å². The standard InChI is InChI=1S/C17H24F3N3O3/c1-16(25,17(18,19)20)15(24)22-8-3-12(4-9-22)14-2-7-21-23(14)13-5-10-26-11-6-13/h2,7,12-13,25H,3-6,8-11H2,1H3. The number of halogens is 3. The van der Waals surface area contributed by atoms with Crippen molar-refractivity contribution in [3.05, 3.63) is 18.0 Å². The molecule has 0 radical (unpaired) electrons. The van der Waals surface area contributed by atoms with Gasteiger partial charge in [0.15, 0.2) is 0 Å². The predicted octanol–water partition coefficient (Wildman–Crippen LogP) is 2.25. The largest absolute Gasteiger partial charge is 0.426 e. The van der Waals surface area contributed by atoms with Gasteiger partial charge < -0.3 is 14.7 Å². The van der Waals surface area contributed by atoms with Crippen molar-refractivity contribution in [3.63, 3.8) is 0 Å². The van der Waals surface area contributed by atoms with Gasteiger partial charge in [0.05, 0.1) is 6.04 Å². The molecule has 2 fully saturated rings. The molecule has 2 aliphatic rings. The highest BCUT2D eigenvalue weighted by Gasteiger charge is 2.57. The lowest BCUT2D eigenvalue weighted by atomic mass is 9.91. The molecule has 0 saturated carbocycles. The SMILES string of the molecule is CC(O)(C(=O)N1CCC(c2ccnn2C2CCOCC2)CC1)C(F)(F)F. The molecule has 0 aliphatic carbocycles. The molecular weight excluding hydrogens is 351 g/mol. The van der Waals surface area contributed by atoms with Gasteiger partial charge in [-0.25, -0.2) is 0 Å². The highest BCUT2D eigenvalue weighted by molar-refractivity contribution is 5.85. The minimum Gasteiger partial charge on any atom is -0.381 e. The topological polar surface area (TPSA) is 67.6 Å². The number of nitrogens with zero attached hydrogens (tertiary/aromatic N) is 3. The molecule has 3 rings (SSSR count). The third-order valence-corrected chi connectivity index (χ3v) is 5.41. The summed E-state index contributed by atoms with van der Waals surface area (Å²) in [5, 5.41) is 14.0. The van der Waals surface area contributed by atoms with Gasteiger partial charge in [0.1, 0.15) is 0 Å². The van der Waals surface area contributed by atoms with Gasteiger partial charge in [0, 0.05) is 44.1 Å². The highest BCUT2D eigenvalue weighted by atomic mass is 19.4. The van der Waals surface area contributed by atoms with Crippen molar-refractivity contribution in [2.75, 3.05) is 26.3 Å². The van der Waals surface area contributed by atoms with Gasteiger partial charge in [-0.1, -0.05) is 0 Å². The fraction of sp³-hybridized carbons (Fsp3) is 0.765. The number of amides is 1. The quantitative estimate of drug-likeness (QED) is 0.880. The summed E-state index contributed by atoms with van der Waals surface area (Å²) >= 11 is 0. The lowest BCUT2D eigenvalue weighted by molar-refractivity contribution is -0.250. The number of hydrogen-bond acceptors (Lipinski definition) is 4. The van der Waals surface area contributed by atoms with E-state index in [2.05, 4.69) is 5.10 Å². The van der Waals surface area contributed by atoms with Crippen molar-refractivity contribution >= 4 is 5.91 Å². The Morgan fingerprint density at radius 3 is 2.42 bits per heavy atom. The number of aliphatic hydroxyl groups is 1. The second kappa shape index (κ2) is 7.19. The summed E-state index contributed by atoms with van der Waals surface area (Å²) in [7, 11) is 0. The number of likely N-dealkylation sites (tertiary alicyclic amines) is 1. The summed E-state index contributed by atoms with van der Waals surface area (Å²) in [6, 6.07) is 2.23. The van der Waals surface area contributed by atoms with Crippen LogP contribution in [0.1, 0.15) is 50.3 Å². The predicted molar refractivity (Wildman–Crippen MR) is 86.6 cm³/mol. The third kappa shape index (κ3) is 3.59. The third-order valence-electron chi connectivity index (χ3n) is 5.41. The minimum atomic E-state index is -4.98. The molecule has 9 heteroatoms. The molecule has 1 unspecified atom stereocenters. The van der Waals surface area contributed by atoms with Gasteiger partial charge in [-0.2, -0.15) is 18.3 Å². The number of piperidine rings is 1. The van der Waals surface area contributed by atoms with Crippen molar-refractivity contribution in [2.24, 2.45) is 0 Å². The van der Waals surface area contributed by atoms with Gasteiger partial charge >= 0.3 is 6.18 Å². The zero-order chi connectivity index (χ0) is 18.9. The summed E-state index contributed by atoms with van der Waals surface area (Å²) in [5.74, 6) is -1.14. The van der Waals surface area contributed by atoms with Gasteiger partial charge in [-0.05, 0) is 38.7 Å². The van der Waals surface area contributed by atoms with Crippen molar-refractivity contribution < 1.29 is 27.8 Å². The Bertz CT molecular complexity index is 631. The Hall–Kier alpha value is -1.61. The van der Waals surface area contributed by atoms with E-state index in [9.17, 15) is 23.1 Å². The van der Waals surface area contributed by atoms with Crippen molar-refractivity contribution in [3.8, 4) is 0 Å². The number of hydrogen-bond donors (Lipinski definition) is 1. The zero-order valence-electron chi connectivity index (χ0n) is 14.7. The minimum absolute atomic E-state index is 0.139. The van der Waals surface area contributed by atoms with E-state index in [1.54, 1.807) is 6.20 Å². The summed E-state index contributed by atoms with van der Waals surface area (Å²) in [5.41, 5.74) is -2.28. The first-order valence-electron chi connectivity index (χ1n) is 8.91. The molecule has 146 valence electrons. The van der Waals surface area contributed by atoms with E-state index in [0.29, 0.717) is 33.0 Å². The molecule has 1 aromatic heterocycles. The summed E-state index contributed by atoms with van der Waals surface area (Å²) < 4.78 is 46.0. The Kier molecular flexibility index (Phi) is 5.30. The number of alkyl halides is 3. The fourth-order valence-electron chi connectivity index (χ4n) is 3.69. The van der Waals surface area contributed by atoms with Gasteiger partial charge in [-0.3, -0.25) is 9.48 Å². The maximum Gasteiger partial charge on any atom is 0.426 e. The second-order valence-electron chi connectivity index (χ2n) is 7.18. The van der Waals surface area contributed by atoms with E-state index >= 15 is 0 Å². The summed E-state index contributed by atoms with van der Waals surface area (Å²) in [6.45, 7) is 2.29. The van der Waals surface area contributed by atoms with Crippen LogP contribution in [-0.2, 0) is 9.53 Å². The zero-order valence-corrected chi connectivity index (χ0v) is 14.7. The Labute approximate surface area is 149 Å². The van der Waals surface area contributed by atoms with Crippen LogP contribution in [0.15, 0.2) is 12.3 Å². The van der Waals surface area contributed by atoms with Crippen molar-refractivity contribution in [1.82, 2.24) is 14.7 Å². The van der Waals surface area contributed by atoms with E-state index in [1.165, 1.54) is 0 Å². The molecule has 1 amide bonds. The van der Waals surface area contributed by atoms with E-state index in [1.807, 2.05) is 10.7 Å². The monoisotopic (exact) mass is 375 g/mol. The number of carbonyl (C=O) groups excluding carboxylic acids is 1. The Morgan fingerprint density at radius 1 is 1.23 bits per heavy atom. The van der Waals surface area contributed by atoms with Crippen LogP contribution in [0.3, 0.4) is 0 Å². The molecule has 26 heavy (non-hydrogen) atoms. The molecule has 6 nitrogen and oxygen atoms in total. The van der Waals surface area contributed by atoms with E-state index < -0.39 is 17.7 Å². The molecule has 1 N–H and O–H groups in total. The van der Waals surface area contributed by atoms with Crippen molar-refractivity contribution in [2.45, 2.75) is 56.3 Å². The van der Waals surface area contributed by atoms with Crippen LogP contribution in [0.4, 0.5) is 13.2 Å². The molecule has 2 aliphatic heterocycles. The van der Waals surface area contributed by atoms with Crippen LogP contribution in [-0.4, -0.2) is 63.8 Å². The van der Waals surface area contributed by atoms with Crippen LogP contribution in [0, 0.1) is 0 Å². The van der Waals surface area contributed by atoms with Gasteiger partial charge in [0.25, 0.3) is 5.91 Å². The van der Waals surface area contributed by atoms with Crippen molar-refractivity contribution in [1.29, 1.82) is 0 Å². The molecule has 1 atom stereocenters. The number of ether oxygens (including phenoxy) is 1. The first-order chi connectivity index (χ1) is 12.2. The lowest BCUT2D eigenvalue weighted by Crippen LogP contribution is -2.57. The Balaban J connectivity index is 1.64. The number of carbonyl (C=O) groups is 1. The molecule has 3 heterocycles. The van der Waals surface area contributed by atoms with Gasteiger partial charge in [-0.15, -0.1) is 0 Å². The average molecular weight is 375 g/mol. The van der Waals surface area contributed by atoms with E-state index in [4.69, 9.17) is 4.74 Å². The molecule has 0 spiro atoms. The van der Waals surface area contributed by atoms with Crippen LogP contribution >= 0.6 is 0 Å². The Morgan fingerprint density at radius 2 is 1.85 bits per heavy atom. The molecule has 2 saturated heterocycles. The smallest absolute Gasteiger partial charge is 0.381 e. The maximum absolute atomic E-state index is 12.9. The lowest BCUT2D eigenvalue weighted by Gasteiger charge is -2.37. The molecule has 0 aromatic carbocycles. The molecular formula is C17H24F3N3O3. The number of aromatic nitrogens is 2. The first-order valence-corrected chi connectivity index (χ1v) is 8.91. The van der Waals surface area contributed by atoms with E-state index in [0.717, 1.165) is 23.4 Å². The van der Waals surface area contributed by atoms with Crippen LogP contribution in [0.25, 0.3) is 0 Å². The molecule has 0 bridgehead atoms. The summed E-state index contributed by atoms with van der Waals surface area (Å²) in [6.07, 6.45) is -0.358. The second-order valence-corrected chi connectivity index (χ2v) is 7.18. The summed E-state index contributed by atoms with van der Waals surface area (Å²) in [4.78, 5) is 13.2. The fourth-order valence-corrected chi connectivity index (χ4v) is 3.69. The maximum atomic E-state index is 12.9. The first kappa shape index (κ1) is 19.2. The normalized spacial score (nSPS) is 23.0. The van der Waals surface area contributed by atoms with Crippen LogP contribution in [0.2, 0.25) is 0 Å². The highest BCUT2D eigenvalue weighted by Crippen LogP contribution is 2.35.